The van der Waals surface area contributed by atoms with Gasteiger partial charge >= 0.3 is 0 Å². The van der Waals surface area contributed by atoms with Gasteiger partial charge in [-0.2, -0.15) is 9.98 Å². The number of sulfone groups is 1. The van der Waals surface area contributed by atoms with Crippen molar-refractivity contribution in [1.82, 2.24) is 0 Å². The lowest BCUT2D eigenvalue weighted by Gasteiger charge is -2.07. The number of nitrogens with zero attached hydrogens (tertiary/aromatic N) is 2. The van der Waals surface area contributed by atoms with E-state index in [1.165, 1.54) is 24.3 Å². The van der Waals surface area contributed by atoms with E-state index in [9.17, 15) is 18.0 Å². The molecule has 24 heavy (non-hydrogen) atoms. The fraction of sp³-hybridized carbons (Fsp3) is 0.0667. The highest BCUT2D eigenvalue weighted by Crippen LogP contribution is 2.53. The van der Waals surface area contributed by atoms with Gasteiger partial charge in [0.25, 0.3) is 0 Å². The summed E-state index contributed by atoms with van der Waals surface area (Å²) in [6.07, 6.45) is 2.90. The highest BCUT2D eigenvalue weighted by atomic mass is 35.5. The second kappa shape index (κ2) is 5.98. The number of carbonyl (C=O) groups excluding carboxylic acids is 2. The zero-order valence-corrected chi connectivity index (χ0v) is 14.0. The predicted molar refractivity (Wildman–Crippen MR) is 86.7 cm³/mol. The molecule has 0 N–H and O–H groups in total. The molecule has 0 saturated heterocycles. The van der Waals surface area contributed by atoms with Gasteiger partial charge in [0.1, 0.15) is 15.5 Å². The minimum Gasteiger partial charge on any atom is -0.218 e. The minimum absolute atomic E-state index is 0.00888. The molecule has 2 aromatic rings. The first-order chi connectivity index (χ1) is 11.4. The molecular weight excluding hydrogens is 375 g/mol. The fourth-order valence-corrected chi connectivity index (χ4v) is 4.79. The molecule has 1 heterocycles. The average molecular weight is 381 g/mol. The number of hydrogen-bond acceptors (Lipinski definition) is 6. The van der Waals surface area contributed by atoms with Gasteiger partial charge in [0.05, 0.1) is 10.7 Å². The summed E-state index contributed by atoms with van der Waals surface area (Å²) < 4.78 is 23.8. The molecule has 0 spiro atoms. The van der Waals surface area contributed by atoms with E-state index >= 15 is 0 Å². The van der Waals surface area contributed by atoms with Crippen molar-refractivity contribution in [3.63, 3.8) is 0 Å². The highest BCUT2D eigenvalue weighted by Gasteiger charge is 2.46. The molecule has 0 bridgehead atoms. The third-order valence-electron chi connectivity index (χ3n) is 3.49. The Kier molecular flexibility index (Phi) is 4.13. The Morgan fingerprint density at radius 1 is 0.958 bits per heavy atom. The number of rotatable bonds is 4. The van der Waals surface area contributed by atoms with Crippen molar-refractivity contribution in [2.24, 2.45) is 9.98 Å². The number of aliphatic imine (C=N–C) groups is 2. The smallest absolute Gasteiger partial charge is 0.218 e. The number of fused-ring (bicyclic) bond motifs is 1. The summed E-state index contributed by atoms with van der Waals surface area (Å²) >= 11 is 11.9. The Labute approximate surface area is 146 Å². The molecule has 0 unspecified atom stereocenters. The molecular formula is C15H6Cl2N2O4S. The largest absolute Gasteiger partial charge is 0.240 e. The molecule has 6 nitrogen and oxygen atoms in total. The van der Waals surface area contributed by atoms with Crippen LogP contribution in [0.5, 0.6) is 0 Å². The summed E-state index contributed by atoms with van der Waals surface area (Å²) in [4.78, 5) is 28.2. The lowest BCUT2D eigenvalue weighted by molar-refractivity contribution is 0.564. The number of halogens is 2. The maximum atomic E-state index is 11.9. The SMILES string of the molecule is O=C=Nc1ccc(Cl)cc1Cc1cc(Cl)c2c(c1N=C=O)S2(=O)=O. The Bertz CT molecular complexity index is 1080. The third kappa shape index (κ3) is 2.69. The molecule has 0 radical (unpaired) electrons. The Morgan fingerprint density at radius 2 is 1.67 bits per heavy atom. The molecule has 1 aliphatic rings. The van der Waals surface area contributed by atoms with Gasteiger partial charge in [-0.05, 0) is 35.4 Å². The van der Waals surface area contributed by atoms with Crippen molar-refractivity contribution in [2.75, 3.05) is 0 Å². The summed E-state index contributed by atoms with van der Waals surface area (Å²) in [5.74, 6) is 0. The molecule has 0 saturated carbocycles. The summed E-state index contributed by atoms with van der Waals surface area (Å²) in [6.45, 7) is 0. The quantitative estimate of drug-likeness (QED) is 0.392. The summed E-state index contributed by atoms with van der Waals surface area (Å²) in [5, 5.41) is 0.452. The van der Waals surface area contributed by atoms with Crippen LogP contribution in [0.1, 0.15) is 11.1 Å². The van der Waals surface area contributed by atoms with E-state index in [1.807, 2.05) is 0 Å². The maximum absolute atomic E-state index is 11.9. The van der Waals surface area contributed by atoms with Crippen molar-refractivity contribution < 1.29 is 18.0 Å². The third-order valence-corrected chi connectivity index (χ3v) is 5.82. The van der Waals surface area contributed by atoms with Crippen LogP contribution in [0.4, 0.5) is 11.4 Å². The van der Waals surface area contributed by atoms with Gasteiger partial charge in [0.15, 0.2) is 0 Å². The molecule has 2 aromatic carbocycles. The Morgan fingerprint density at radius 3 is 2.33 bits per heavy atom. The van der Waals surface area contributed by atoms with Crippen LogP contribution in [0, 0.1) is 0 Å². The van der Waals surface area contributed by atoms with Crippen LogP contribution in [0.2, 0.25) is 10.0 Å². The van der Waals surface area contributed by atoms with Gasteiger partial charge in [-0.1, -0.05) is 23.2 Å². The van der Waals surface area contributed by atoms with Crippen LogP contribution in [0.3, 0.4) is 0 Å². The zero-order chi connectivity index (χ0) is 17.5. The normalized spacial score (nSPS) is 13.4. The molecule has 0 aliphatic carbocycles. The molecule has 120 valence electrons. The van der Waals surface area contributed by atoms with E-state index in [-0.39, 0.29) is 26.9 Å². The van der Waals surface area contributed by atoms with Crippen molar-refractivity contribution in [3.8, 4) is 0 Å². The van der Waals surface area contributed by atoms with Gasteiger partial charge in [-0.15, -0.1) is 0 Å². The average Bonchev–Trinajstić information content (AvgIpc) is 3.09. The van der Waals surface area contributed by atoms with Gasteiger partial charge in [0.2, 0.25) is 22.0 Å². The molecule has 0 aromatic heterocycles. The fourth-order valence-electron chi connectivity index (χ4n) is 2.46. The highest BCUT2D eigenvalue weighted by molar-refractivity contribution is 7.97. The second-order valence-corrected chi connectivity index (χ2v) is 7.55. The van der Waals surface area contributed by atoms with E-state index in [0.29, 0.717) is 21.8 Å². The maximum Gasteiger partial charge on any atom is 0.240 e. The molecule has 1 aliphatic heterocycles. The monoisotopic (exact) mass is 380 g/mol. The van der Waals surface area contributed by atoms with E-state index in [1.54, 1.807) is 12.1 Å². The molecule has 3 rings (SSSR count). The number of isocyanates is 2. The first-order valence-electron chi connectivity index (χ1n) is 6.44. The van der Waals surface area contributed by atoms with Gasteiger partial charge in [-0.25, -0.2) is 18.0 Å². The molecule has 0 atom stereocenters. The topological polar surface area (TPSA) is 93.0 Å². The molecule has 0 fully saturated rings. The van der Waals surface area contributed by atoms with Crippen LogP contribution in [0.15, 0.2) is 44.0 Å². The van der Waals surface area contributed by atoms with Gasteiger partial charge in [-0.3, -0.25) is 0 Å². The zero-order valence-electron chi connectivity index (χ0n) is 11.7. The summed E-state index contributed by atoms with van der Waals surface area (Å²) in [5.41, 5.74) is 1.22. The van der Waals surface area contributed by atoms with Gasteiger partial charge in [0, 0.05) is 11.4 Å². The van der Waals surface area contributed by atoms with Crippen LogP contribution in [-0.2, 0) is 25.8 Å². The molecule has 0 amide bonds. The van der Waals surface area contributed by atoms with Crippen molar-refractivity contribution in [3.05, 3.63) is 45.4 Å². The lowest BCUT2D eigenvalue weighted by atomic mass is 10.0. The van der Waals surface area contributed by atoms with Crippen molar-refractivity contribution in [1.29, 1.82) is 0 Å². The molecule has 9 heteroatoms. The van der Waals surface area contributed by atoms with E-state index in [2.05, 4.69) is 9.98 Å². The van der Waals surface area contributed by atoms with E-state index in [4.69, 9.17) is 23.2 Å². The minimum atomic E-state index is -3.62. The Balaban J connectivity index is 2.18. The van der Waals surface area contributed by atoms with E-state index < -0.39 is 9.84 Å². The first-order valence-corrected chi connectivity index (χ1v) is 8.68. The van der Waals surface area contributed by atoms with Crippen molar-refractivity contribution >= 4 is 56.6 Å². The van der Waals surface area contributed by atoms with Crippen LogP contribution in [0.25, 0.3) is 0 Å². The predicted octanol–water partition coefficient (Wildman–Crippen LogP) is 3.67. The van der Waals surface area contributed by atoms with Crippen LogP contribution in [-0.4, -0.2) is 20.6 Å². The van der Waals surface area contributed by atoms with Gasteiger partial charge < -0.3 is 0 Å². The standard InChI is InChI=1S/C15H6Cl2N2O4S/c16-10-1-2-12(18-6-20)8(4-10)3-9-5-11(17)14-15(24(14,22)23)13(9)19-7-21/h1-2,4-5H,3H2. The first kappa shape index (κ1) is 16.6. The second-order valence-electron chi connectivity index (χ2n) is 4.88. The van der Waals surface area contributed by atoms with Crippen LogP contribution < -0.4 is 0 Å². The van der Waals surface area contributed by atoms with Crippen LogP contribution >= 0.6 is 23.2 Å². The lowest BCUT2D eigenvalue weighted by Crippen LogP contribution is -1.90. The Hall–Kier alpha value is -2.27. The van der Waals surface area contributed by atoms with E-state index in [0.717, 1.165) is 0 Å². The summed E-state index contributed by atoms with van der Waals surface area (Å²) in [6, 6.07) is 6.06. The number of hydrogen-bond donors (Lipinski definition) is 0. The number of benzene rings is 2. The summed E-state index contributed by atoms with van der Waals surface area (Å²) in [7, 11) is -3.62. The van der Waals surface area contributed by atoms with Crippen molar-refractivity contribution in [2.45, 2.75) is 16.2 Å².